The summed E-state index contributed by atoms with van der Waals surface area (Å²) in [5, 5.41) is 1.11. The number of benzene rings is 6. The Kier molecular flexibility index (Phi) is 15.5. The second-order valence-corrected chi connectivity index (χ2v) is 18.6. The maximum absolute atomic E-state index is 14.6. The number of alkyl halides is 6. The van der Waals surface area contributed by atoms with Crippen molar-refractivity contribution in [2.45, 2.75) is 114 Å². The Morgan fingerprint density at radius 1 is 0.535 bits per heavy atom. The Balaban J connectivity index is 1.40. The molecule has 12 heteroatoms. The number of rotatable bonds is 22. The Hall–Kier alpha value is -6.30. The van der Waals surface area contributed by atoms with E-state index in [4.69, 9.17) is 28.4 Å². The SMILES string of the molecule is CCCCCCOc1ccc(C2(c3ccc(OCCCCCC)cc3)C=Cc3c4c(c5cc(-c6ccc(OC)cc6OC)c(OC)cc5c3O2)-c2ccccc2C4(CCC(F)(F)F)CCC(F)(F)F)cc1. The zero-order valence-electron chi connectivity index (χ0n) is 41.1. The van der Waals surface area contributed by atoms with Crippen molar-refractivity contribution in [3.8, 4) is 56.8 Å². The summed E-state index contributed by atoms with van der Waals surface area (Å²) in [4.78, 5) is 0. The van der Waals surface area contributed by atoms with Gasteiger partial charge in [-0.1, -0.05) is 107 Å². The molecular formula is C59H62F6O6. The van der Waals surface area contributed by atoms with Crippen molar-refractivity contribution in [1.82, 2.24) is 0 Å². The second-order valence-electron chi connectivity index (χ2n) is 18.6. The zero-order valence-corrected chi connectivity index (χ0v) is 41.1. The fourth-order valence-electron chi connectivity index (χ4n) is 10.5. The molecule has 0 radical (unpaired) electrons. The van der Waals surface area contributed by atoms with Crippen molar-refractivity contribution in [2.75, 3.05) is 34.5 Å². The van der Waals surface area contributed by atoms with Gasteiger partial charge in [0.05, 0.1) is 34.5 Å². The first-order chi connectivity index (χ1) is 34.2. The summed E-state index contributed by atoms with van der Waals surface area (Å²) in [6, 6.07) is 31.3. The molecular weight excluding hydrogens is 919 g/mol. The molecule has 0 saturated carbocycles. The molecule has 376 valence electrons. The number of fused-ring (bicyclic) bond motifs is 8. The molecule has 0 saturated heterocycles. The maximum Gasteiger partial charge on any atom is 0.389 e. The number of unbranched alkanes of at least 4 members (excludes halogenated alkanes) is 6. The van der Waals surface area contributed by atoms with E-state index in [1.165, 1.54) is 7.11 Å². The molecule has 8 rings (SSSR count). The highest BCUT2D eigenvalue weighted by atomic mass is 19.4. The van der Waals surface area contributed by atoms with Gasteiger partial charge in [-0.25, -0.2) is 0 Å². The van der Waals surface area contributed by atoms with Gasteiger partial charge in [-0.05, 0) is 108 Å². The summed E-state index contributed by atoms with van der Waals surface area (Å²) in [6.45, 7) is 5.44. The van der Waals surface area contributed by atoms with Crippen LogP contribution in [-0.4, -0.2) is 46.9 Å². The van der Waals surface area contributed by atoms with E-state index >= 15 is 0 Å². The van der Waals surface area contributed by atoms with E-state index < -0.39 is 49.1 Å². The van der Waals surface area contributed by atoms with E-state index in [-0.39, 0.29) is 5.75 Å². The highest BCUT2D eigenvalue weighted by Gasteiger charge is 2.51. The van der Waals surface area contributed by atoms with Crippen LogP contribution in [0.3, 0.4) is 0 Å². The third kappa shape index (κ3) is 10.7. The molecule has 0 N–H and O–H groups in total. The van der Waals surface area contributed by atoms with Crippen molar-refractivity contribution in [3.63, 3.8) is 0 Å². The molecule has 71 heavy (non-hydrogen) atoms. The summed E-state index contributed by atoms with van der Waals surface area (Å²) in [7, 11) is 4.62. The number of methoxy groups -OCH3 is 3. The van der Waals surface area contributed by atoms with Gasteiger partial charge in [0.25, 0.3) is 0 Å². The summed E-state index contributed by atoms with van der Waals surface area (Å²) >= 11 is 0. The van der Waals surface area contributed by atoms with Crippen molar-refractivity contribution in [1.29, 1.82) is 0 Å². The van der Waals surface area contributed by atoms with Crippen LogP contribution in [0.4, 0.5) is 26.3 Å². The zero-order chi connectivity index (χ0) is 50.4. The van der Waals surface area contributed by atoms with E-state index in [9.17, 15) is 26.3 Å². The van der Waals surface area contributed by atoms with Gasteiger partial charge < -0.3 is 28.4 Å². The Labute approximate surface area is 412 Å². The first-order valence-corrected chi connectivity index (χ1v) is 24.7. The lowest BCUT2D eigenvalue weighted by Crippen LogP contribution is -2.36. The first-order valence-electron chi connectivity index (χ1n) is 24.7. The lowest BCUT2D eigenvalue weighted by atomic mass is 9.68. The smallest absolute Gasteiger partial charge is 0.389 e. The molecule has 1 heterocycles. The summed E-state index contributed by atoms with van der Waals surface area (Å²) in [6.07, 6.45) is -1.06. The second kappa shape index (κ2) is 21.6. The van der Waals surface area contributed by atoms with Crippen LogP contribution in [0, 0.1) is 0 Å². The van der Waals surface area contributed by atoms with E-state index in [2.05, 4.69) is 13.8 Å². The van der Waals surface area contributed by atoms with Crippen LogP contribution in [0.15, 0.2) is 109 Å². The molecule has 0 atom stereocenters. The molecule has 1 aliphatic heterocycles. The summed E-state index contributed by atoms with van der Waals surface area (Å²) in [5.74, 6) is 3.08. The number of hydrogen-bond acceptors (Lipinski definition) is 6. The minimum atomic E-state index is -4.66. The molecule has 0 amide bonds. The minimum absolute atomic E-state index is 0.288. The highest BCUT2D eigenvalue weighted by molar-refractivity contribution is 6.11. The van der Waals surface area contributed by atoms with Gasteiger partial charge in [-0.3, -0.25) is 0 Å². The minimum Gasteiger partial charge on any atom is -0.497 e. The normalized spacial score (nSPS) is 14.4. The maximum atomic E-state index is 14.6. The number of hydrogen-bond donors (Lipinski definition) is 0. The van der Waals surface area contributed by atoms with Crippen LogP contribution in [0.1, 0.15) is 119 Å². The first kappa shape index (κ1) is 51.1. The summed E-state index contributed by atoms with van der Waals surface area (Å²) in [5.41, 5.74) is 1.81. The van der Waals surface area contributed by atoms with Gasteiger partial charge in [-0.15, -0.1) is 0 Å². The van der Waals surface area contributed by atoms with Crippen LogP contribution in [-0.2, 0) is 11.0 Å². The van der Waals surface area contributed by atoms with Crippen LogP contribution in [0.5, 0.6) is 34.5 Å². The van der Waals surface area contributed by atoms with Crippen LogP contribution in [0.2, 0.25) is 0 Å². The fourth-order valence-corrected chi connectivity index (χ4v) is 10.5. The lowest BCUT2D eigenvalue weighted by molar-refractivity contribution is -0.143. The third-order valence-corrected chi connectivity index (χ3v) is 14.0. The largest absolute Gasteiger partial charge is 0.497 e. The van der Waals surface area contributed by atoms with E-state index in [0.29, 0.717) is 91.7 Å². The fraction of sp³-hybridized carbons (Fsp3) is 0.390. The van der Waals surface area contributed by atoms with Gasteiger partial charge >= 0.3 is 12.4 Å². The predicted octanol–water partition coefficient (Wildman–Crippen LogP) is 16.8. The predicted molar refractivity (Wildman–Crippen MR) is 268 cm³/mol. The number of ether oxygens (including phenoxy) is 6. The lowest BCUT2D eigenvalue weighted by Gasteiger charge is -2.40. The molecule has 1 aliphatic carbocycles. The van der Waals surface area contributed by atoms with Gasteiger partial charge in [-0.2, -0.15) is 26.3 Å². The molecule has 0 bridgehead atoms. The highest BCUT2D eigenvalue weighted by Crippen LogP contribution is 2.63. The Bertz CT molecular complexity index is 2740. The monoisotopic (exact) mass is 980 g/mol. The van der Waals surface area contributed by atoms with E-state index in [0.717, 1.165) is 62.5 Å². The average Bonchev–Trinajstić information content (AvgIpc) is 3.67. The van der Waals surface area contributed by atoms with Gasteiger partial charge in [0.15, 0.2) is 5.60 Å². The number of halogens is 6. The molecule has 6 aromatic carbocycles. The molecule has 6 nitrogen and oxygen atoms in total. The standard InChI is InChI=1S/C59H62F6O6/c1-6-8-10-14-34-69-41-22-18-39(19-23-41)57(40-20-24-42(25-21-40)70-35-15-11-9-7-2)29-28-46-54-53(45-16-12-13-17-50(45)56(54,30-32-58(60,61)62)31-33-59(63,64)65)48-37-47(52(68-5)38-49(48)55(46)71-57)44-27-26-43(66-3)36-51(44)67-4/h12-13,16-29,36-38H,6-11,14-15,30-35H2,1-5H3. The summed E-state index contributed by atoms with van der Waals surface area (Å²) < 4.78 is 125. The van der Waals surface area contributed by atoms with Crippen LogP contribution in [0.25, 0.3) is 39.1 Å². The molecule has 2 aliphatic rings. The van der Waals surface area contributed by atoms with Crippen LogP contribution >= 0.6 is 0 Å². The van der Waals surface area contributed by atoms with Gasteiger partial charge in [0.2, 0.25) is 0 Å². The molecule has 0 fully saturated rings. The van der Waals surface area contributed by atoms with Gasteiger partial charge in [0.1, 0.15) is 34.5 Å². The van der Waals surface area contributed by atoms with Crippen molar-refractivity contribution >= 4 is 16.8 Å². The molecule has 0 aromatic heterocycles. The van der Waals surface area contributed by atoms with Crippen molar-refractivity contribution in [2.24, 2.45) is 0 Å². The van der Waals surface area contributed by atoms with Crippen molar-refractivity contribution in [3.05, 3.63) is 137 Å². The van der Waals surface area contributed by atoms with Gasteiger partial charge in [0, 0.05) is 57.5 Å². The molecule has 0 unspecified atom stereocenters. The topological polar surface area (TPSA) is 55.4 Å². The third-order valence-electron chi connectivity index (χ3n) is 14.0. The average molecular weight is 981 g/mol. The Morgan fingerprint density at radius 2 is 1.08 bits per heavy atom. The van der Waals surface area contributed by atoms with E-state index in [1.54, 1.807) is 50.6 Å². The molecule has 6 aromatic rings. The van der Waals surface area contributed by atoms with Crippen molar-refractivity contribution < 1.29 is 54.8 Å². The van der Waals surface area contributed by atoms with Crippen LogP contribution < -0.4 is 28.4 Å². The quantitative estimate of drug-likeness (QED) is 0.0499. The Morgan fingerprint density at radius 3 is 1.62 bits per heavy atom. The van der Waals surface area contributed by atoms with E-state index in [1.807, 2.05) is 78.9 Å². The molecule has 0 spiro atoms.